The lowest BCUT2D eigenvalue weighted by Crippen LogP contribution is -2.34. The average Bonchev–Trinajstić information content (AvgIpc) is 2.62. The number of nitrogens with zero attached hydrogens (tertiary/aromatic N) is 1. The van der Waals surface area contributed by atoms with Crippen molar-refractivity contribution in [1.29, 1.82) is 0 Å². The van der Waals surface area contributed by atoms with Gasteiger partial charge in [0.1, 0.15) is 0 Å². The van der Waals surface area contributed by atoms with Gasteiger partial charge in [0.2, 0.25) is 0 Å². The smallest absolute Gasteiger partial charge is 0.411 e. The van der Waals surface area contributed by atoms with E-state index in [2.05, 4.69) is 15.4 Å². The van der Waals surface area contributed by atoms with Crippen LogP contribution in [-0.2, 0) is 11.3 Å². The summed E-state index contributed by atoms with van der Waals surface area (Å²) in [4.78, 5) is 25.4. The summed E-state index contributed by atoms with van der Waals surface area (Å²) in [6.45, 7) is 5.13. The molecule has 0 aromatic heterocycles. The summed E-state index contributed by atoms with van der Waals surface area (Å²) >= 11 is 0. The van der Waals surface area contributed by atoms with Gasteiger partial charge in [0.15, 0.2) is 0 Å². The van der Waals surface area contributed by atoms with Crippen LogP contribution in [0.1, 0.15) is 18.1 Å². The fourth-order valence-corrected chi connectivity index (χ4v) is 2.33. The van der Waals surface area contributed by atoms with Crippen LogP contribution in [0.2, 0.25) is 0 Å². The van der Waals surface area contributed by atoms with Crippen LogP contribution in [0.3, 0.4) is 0 Å². The van der Waals surface area contributed by atoms with Crippen LogP contribution >= 0.6 is 0 Å². The molecule has 0 saturated heterocycles. The molecule has 0 atom stereocenters. The number of amides is 3. The molecule has 0 heterocycles. The number of benzene rings is 2. The zero-order chi connectivity index (χ0) is 18.2. The zero-order valence-electron chi connectivity index (χ0n) is 14.7. The van der Waals surface area contributed by atoms with Crippen molar-refractivity contribution in [3.63, 3.8) is 0 Å². The molecule has 132 valence electrons. The van der Waals surface area contributed by atoms with E-state index < -0.39 is 6.09 Å². The van der Waals surface area contributed by atoms with E-state index in [1.807, 2.05) is 38.1 Å². The zero-order valence-corrected chi connectivity index (χ0v) is 14.7. The van der Waals surface area contributed by atoms with E-state index in [0.29, 0.717) is 24.5 Å². The minimum Gasteiger partial charge on any atom is -0.453 e. The van der Waals surface area contributed by atoms with Gasteiger partial charge in [-0.2, -0.15) is 0 Å². The maximum Gasteiger partial charge on any atom is 0.411 e. The van der Waals surface area contributed by atoms with Crippen LogP contribution in [0.15, 0.2) is 48.5 Å². The molecule has 0 spiro atoms. The predicted octanol–water partition coefficient (Wildman–Crippen LogP) is 4.23. The Balaban J connectivity index is 1.99. The van der Waals surface area contributed by atoms with E-state index in [9.17, 15) is 9.59 Å². The Bertz CT molecular complexity index is 729. The molecule has 2 rings (SSSR count). The highest BCUT2D eigenvalue weighted by molar-refractivity contribution is 5.90. The van der Waals surface area contributed by atoms with Crippen LogP contribution in [0, 0.1) is 6.92 Å². The molecule has 3 amide bonds. The third kappa shape index (κ3) is 5.24. The number of hydrogen-bond donors (Lipinski definition) is 2. The number of ether oxygens (including phenoxy) is 1. The van der Waals surface area contributed by atoms with E-state index >= 15 is 0 Å². The summed E-state index contributed by atoms with van der Waals surface area (Å²) < 4.78 is 4.53. The number of nitrogens with one attached hydrogen (secondary N) is 2. The quantitative estimate of drug-likeness (QED) is 0.855. The summed E-state index contributed by atoms with van der Waals surface area (Å²) in [7, 11) is 1.30. The third-order valence-corrected chi connectivity index (χ3v) is 3.86. The highest BCUT2D eigenvalue weighted by Crippen LogP contribution is 2.16. The molecule has 25 heavy (non-hydrogen) atoms. The van der Waals surface area contributed by atoms with Crippen LogP contribution < -0.4 is 10.6 Å². The van der Waals surface area contributed by atoms with Gasteiger partial charge in [-0.3, -0.25) is 5.32 Å². The number of methoxy groups -OCH3 is 1. The number of aryl methyl sites for hydroxylation is 1. The van der Waals surface area contributed by atoms with Gasteiger partial charge in [-0.15, -0.1) is 0 Å². The van der Waals surface area contributed by atoms with Crippen molar-refractivity contribution >= 4 is 23.5 Å². The number of carbonyl (C=O) groups excluding carboxylic acids is 2. The molecule has 0 bridgehead atoms. The fraction of sp³-hybridized carbons (Fsp3) is 0.263. The highest BCUT2D eigenvalue weighted by atomic mass is 16.5. The lowest BCUT2D eigenvalue weighted by Gasteiger charge is -2.22. The molecule has 0 fully saturated rings. The van der Waals surface area contributed by atoms with Crippen LogP contribution in [0.5, 0.6) is 0 Å². The average molecular weight is 341 g/mol. The van der Waals surface area contributed by atoms with Gasteiger partial charge in [-0.05, 0) is 49.2 Å². The van der Waals surface area contributed by atoms with E-state index in [1.54, 1.807) is 29.2 Å². The largest absolute Gasteiger partial charge is 0.453 e. The number of urea groups is 1. The topological polar surface area (TPSA) is 70.7 Å². The second-order valence-electron chi connectivity index (χ2n) is 5.56. The van der Waals surface area contributed by atoms with Crippen molar-refractivity contribution in [2.24, 2.45) is 0 Å². The maximum absolute atomic E-state index is 12.5. The molecule has 6 heteroatoms. The van der Waals surface area contributed by atoms with Crippen molar-refractivity contribution in [2.45, 2.75) is 20.4 Å². The molecule has 0 aliphatic rings. The van der Waals surface area contributed by atoms with Crippen molar-refractivity contribution in [3.05, 3.63) is 59.7 Å². The SMILES string of the molecule is CCN(Cc1ccccc1C)C(=O)Nc1ccc(NC(=O)OC)cc1. The van der Waals surface area contributed by atoms with Gasteiger partial charge in [0, 0.05) is 24.5 Å². The summed E-state index contributed by atoms with van der Waals surface area (Å²) in [6.07, 6.45) is -0.535. The van der Waals surface area contributed by atoms with Gasteiger partial charge in [-0.25, -0.2) is 9.59 Å². The molecular formula is C19H23N3O3. The van der Waals surface area contributed by atoms with Gasteiger partial charge in [0.05, 0.1) is 7.11 Å². The normalized spacial score (nSPS) is 10.0. The summed E-state index contributed by atoms with van der Waals surface area (Å²) in [6, 6.07) is 14.7. The molecule has 2 aromatic rings. The molecule has 6 nitrogen and oxygen atoms in total. The van der Waals surface area contributed by atoms with Crippen molar-refractivity contribution < 1.29 is 14.3 Å². The Hall–Kier alpha value is -3.02. The summed E-state index contributed by atoms with van der Waals surface area (Å²) in [5.41, 5.74) is 3.53. The van der Waals surface area contributed by atoms with Gasteiger partial charge >= 0.3 is 12.1 Å². The summed E-state index contributed by atoms with van der Waals surface area (Å²) in [5.74, 6) is 0. The lowest BCUT2D eigenvalue weighted by atomic mass is 10.1. The standard InChI is InChI=1S/C19H23N3O3/c1-4-22(13-15-8-6-5-7-14(15)2)18(23)20-16-9-11-17(12-10-16)21-19(24)25-3/h5-12H,4,13H2,1-3H3,(H,20,23)(H,21,24). The Morgan fingerprint density at radius 3 is 2.16 bits per heavy atom. The van der Waals surface area contributed by atoms with Crippen molar-refractivity contribution in [3.8, 4) is 0 Å². The lowest BCUT2D eigenvalue weighted by molar-refractivity contribution is 0.187. The molecular weight excluding hydrogens is 318 g/mol. The van der Waals surface area contributed by atoms with E-state index in [1.165, 1.54) is 7.11 Å². The minimum absolute atomic E-state index is 0.167. The molecule has 2 N–H and O–H groups in total. The van der Waals surface area contributed by atoms with E-state index in [-0.39, 0.29) is 6.03 Å². The molecule has 2 aromatic carbocycles. The van der Waals surface area contributed by atoms with Gasteiger partial charge in [-0.1, -0.05) is 24.3 Å². The van der Waals surface area contributed by atoms with Crippen LogP contribution in [-0.4, -0.2) is 30.7 Å². The first kappa shape index (κ1) is 18.3. The van der Waals surface area contributed by atoms with Crippen molar-refractivity contribution in [1.82, 2.24) is 4.90 Å². The first-order chi connectivity index (χ1) is 12.0. The molecule has 0 radical (unpaired) electrons. The van der Waals surface area contributed by atoms with Crippen molar-refractivity contribution in [2.75, 3.05) is 24.3 Å². The monoisotopic (exact) mass is 341 g/mol. The molecule has 0 aliphatic heterocycles. The van der Waals surface area contributed by atoms with Crippen LogP contribution in [0.4, 0.5) is 21.0 Å². The molecule has 0 aliphatic carbocycles. The Morgan fingerprint density at radius 2 is 1.60 bits per heavy atom. The first-order valence-corrected chi connectivity index (χ1v) is 8.09. The van der Waals surface area contributed by atoms with Crippen LogP contribution in [0.25, 0.3) is 0 Å². The maximum atomic E-state index is 12.5. The summed E-state index contributed by atoms with van der Waals surface area (Å²) in [5, 5.41) is 5.43. The Labute approximate surface area is 147 Å². The van der Waals surface area contributed by atoms with Gasteiger partial charge < -0.3 is 15.0 Å². The molecule has 0 saturated carbocycles. The van der Waals surface area contributed by atoms with Gasteiger partial charge in [0.25, 0.3) is 0 Å². The third-order valence-electron chi connectivity index (χ3n) is 3.86. The fourth-order valence-electron chi connectivity index (χ4n) is 2.33. The second kappa shape index (κ2) is 8.73. The predicted molar refractivity (Wildman–Crippen MR) is 98.8 cm³/mol. The number of rotatable bonds is 5. The number of anilines is 2. The Kier molecular flexibility index (Phi) is 6.39. The number of hydrogen-bond acceptors (Lipinski definition) is 3. The minimum atomic E-state index is -0.535. The molecule has 0 unspecified atom stereocenters. The second-order valence-corrected chi connectivity index (χ2v) is 5.56. The highest BCUT2D eigenvalue weighted by Gasteiger charge is 2.13. The van der Waals surface area contributed by atoms with E-state index in [4.69, 9.17) is 0 Å². The first-order valence-electron chi connectivity index (χ1n) is 8.09. The van der Waals surface area contributed by atoms with E-state index in [0.717, 1.165) is 11.1 Å². The number of carbonyl (C=O) groups is 2. The Morgan fingerprint density at radius 1 is 1.00 bits per heavy atom.